The highest BCUT2D eigenvalue weighted by atomic mass is 14.9. The molecule has 0 heterocycles. The predicted octanol–water partition coefficient (Wildman–Crippen LogP) is 4.30. The number of aryl methyl sites for hydroxylation is 1. The van der Waals surface area contributed by atoms with Crippen molar-refractivity contribution in [1.82, 2.24) is 5.32 Å². The fourth-order valence-corrected chi connectivity index (χ4v) is 3.07. The lowest BCUT2D eigenvalue weighted by atomic mass is 9.80. The van der Waals surface area contributed by atoms with E-state index in [9.17, 15) is 0 Å². The van der Waals surface area contributed by atoms with Crippen LogP contribution in [0.5, 0.6) is 0 Å². The molecule has 1 N–H and O–H groups in total. The first-order chi connectivity index (χ1) is 8.65. The van der Waals surface area contributed by atoms with Crippen molar-refractivity contribution in [3.8, 4) is 0 Å². The second-order valence-electron chi connectivity index (χ2n) is 6.23. The standard InChI is InChI=1S/C17H27N/c1-13(2)16-7-9-17(10-8-16)18-12-15-6-4-5-14(3)11-15/h4-6,11,13,16-18H,7-10,12H2,1-3H3. The van der Waals surface area contributed by atoms with E-state index in [4.69, 9.17) is 0 Å². The molecule has 1 heteroatoms. The minimum absolute atomic E-state index is 0.737. The third-order valence-electron chi connectivity index (χ3n) is 4.39. The summed E-state index contributed by atoms with van der Waals surface area (Å²) in [6.45, 7) is 7.92. The number of benzene rings is 1. The van der Waals surface area contributed by atoms with Crippen molar-refractivity contribution < 1.29 is 0 Å². The number of nitrogens with one attached hydrogen (secondary N) is 1. The molecule has 0 aliphatic heterocycles. The highest BCUT2D eigenvalue weighted by Gasteiger charge is 2.22. The van der Waals surface area contributed by atoms with Gasteiger partial charge >= 0.3 is 0 Å². The molecule has 1 fully saturated rings. The molecule has 0 aromatic heterocycles. The van der Waals surface area contributed by atoms with Gasteiger partial charge in [0.05, 0.1) is 0 Å². The Balaban J connectivity index is 1.75. The summed E-state index contributed by atoms with van der Waals surface area (Å²) in [6, 6.07) is 9.56. The second kappa shape index (κ2) is 6.38. The van der Waals surface area contributed by atoms with Crippen LogP contribution in [0.1, 0.15) is 50.7 Å². The first-order valence-electron chi connectivity index (χ1n) is 7.44. The van der Waals surface area contributed by atoms with Gasteiger partial charge in [-0.3, -0.25) is 0 Å². The van der Waals surface area contributed by atoms with E-state index < -0.39 is 0 Å². The molecule has 1 aliphatic rings. The van der Waals surface area contributed by atoms with Gasteiger partial charge in [-0.15, -0.1) is 0 Å². The zero-order valence-corrected chi connectivity index (χ0v) is 12.1. The van der Waals surface area contributed by atoms with Crippen molar-refractivity contribution in [3.05, 3.63) is 35.4 Å². The summed E-state index contributed by atoms with van der Waals surface area (Å²) in [7, 11) is 0. The van der Waals surface area contributed by atoms with Crippen molar-refractivity contribution in [1.29, 1.82) is 0 Å². The quantitative estimate of drug-likeness (QED) is 0.834. The lowest BCUT2D eigenvalue weighted by Gasteiger charge is -2.31. The lowest BCUT2D eigenvalue weighted by molar-refractivity contribution is 0.238. The van der Waals surface area contributed by atoms with E-state index in [1.54, 1.807) is 0 Å². The second-order valence-corrected chi connectivity index (χ2v) is 6.23. The Morgan fingerprint density at radius 3 is 2.50 bits per heavy atom. The van der Waals surface area contributed by atoms with E-state index >= 15 is 0 Å². The smallest absolute Gasteiger partial charge is 0.0208 e. The van der Waals surface area contributed by atoms with E-state index in [-0.39, 0.29) is 0 Å². The number of hydrogen-bond donors (Lipinski definition) is 1. The largest absolute Gasteiger partial charge is 0.310 e. The first kappa shape index (κ1) is 13.6. The zero-order chi connectivity index (χ0) is 13.0. The molecule has 0 saturated heterocycles. The van der Waals surface area contributed by atoms with Crippen LogP contribution < -0.4 is 5.32 Å². The SMILES string of the molecule is Cc1cccc(CNC2CCC(C(C)C)CC2)c1. The first-order valence-corrected chi connectivity index (χ1v) is 7.44. The Kier molecular flexibility index (Phi) is 4.82. The molecule has 1 aromatic rings. The summed E-state index contributed by atoms with van der Waals surface area (Å²) in [5.74, 6) is 1.82. The van der Waals surface area contributed by atoms with Crippen molar-refractivity contribution in [2.75, 3.05) is 0 Å². The average Bonchev–Trinajstić information content (AvgIpc) is 2.37. The zero-order valence-electron chi connectivity index (χ0n) is 12.1. The highest BCUT2D eigenvalue weighted by Crippen LogP contribution is 2.29. The van der Waals surface area contributed by atoms with Gasteiger partial charge in [-0.1, -0.05) is 43.7 Å². The molecular weight excluding hydrogens is 218 g/mol. The molecule has 0 bridgehead atoms. The molecule has 1 aromatic carbocycles. The van der Waals surface area contributed by atoms with Gasteiger partial charge in [0, 0.05) is 12.6 Å². The van der Waals surface area contributed by atoms with E-state index in [0.29, 0.717) is 0 Å². The molecule has 0 atom stereocenters. The normalized spacial score (nSPS) is 24.4. The lowest BCUT2D eigenvalue weighted by Crippen LogP contribution is -2.33. The van der Waals surface area contributed by atoms with Crippen LogP contribution in [0.25, 0.3) is 0 Å². The van der Waals surface area contributed by atoms with E-state index in [2.05, 4.69) is 50.4 Å². The van der Waals surface area contributed by atoms with E-state index in [0.717, 1.165) is 24.4 Å². The maximum Gasteiger partial charge on any atom is 0.0208 e. The van der Waals surface area contributed by atoms with Crippen LogP contribution in [0.4, 0.5) is 0 Å². The van der Waals surface area contributed by atoms with Gasteiger partial charge < -0.3 is 5.32 Å². The summed E-state index contributed by atoms with van der Waals surface area (Å²) in [4.78, 5) is 0. The molecule has 1 nitrogen and oxygen atoms in total. The molecule has 100 valence electrons. The maximum atomic E-state index is 3.72. The third kappa shape index (κ3) is 3.84. The Bertz CT molecular complexity index is 362. The Hall–Kier alpha value is -0.820. The topological polar surface area (TPSA) is 12.0 Å². The predicted molar refractivity (Wildman–Crippen MR) is 78.6 cm³/mol. The van der Waals surface area contributed by atoms with Crippen molar-refractivity contribution in [2.45, 2.75) is 59.0 Å². The van der Waals surface area contributed by atoms with Gasteiger partial charge in [0.2, 0.25) is 0 Å². The summed E-state index contributed by atoms with van der Waals surface area (Å²) in [5, 5.41) is 3.72. The summed E-state index contributed by atoms with van der Waals surface area (Å²) in [6.07, 6.45) is 5.52. The molecular formula is C17H27N. The molecule has 2 rings (SSSR count). The Morgan fingerprint density at radius 1 is 1.17 bits per heavy atom. The van der Waals surface area contributed by atoms with Crippen LogP contribution in [0, 0.1) is 18.8 Å². The molecule has 0 spiro atoms. The van der Waals surface area contributed by atoms with E-state index in [1.807, 2.05) is 0 Å². The number of hydrogen-bond acceptors (Lipinski definition) is 1. The van der Waals surface area contributed by atoms with Crippen LogP contribution in [0.2, 0.25) is 0 Å². The summed E-state index contributed by atoms with van der Waals surface area (Å²) in [5.41, 5.74) is 2.78. The Morgan fingerprint density at radius 2 is 1.89 bits per heavy atom. The minimum atomic E-state index is 0.737. The van der Waals surface area contributed by atoms with Gasteiger partial charge in [0.25, 0.3) is 0 Å². The van der Waals surface area contributed by atoms with Gasteiger partial charge in [-0.05, 0) is 50.0 Å². The monoisotopic (exact) mass is 245 g/mol. The van der Waals surface area contributed by atoms with Crippen molar-refractivity contribution in [3.63, 3.8) is 0 Å². The molecule has 0 amide bonds. The highest BCUT2D eigenvalue weighted by molar-refractivity contribution is 5.22. The van der Waals surface area contributed by atoms with Gasteiger partial charge in [0.1, 0.15) is 0 Å². The van der Waals surface area contributed by atoms with Crippen LogP contribution in [-0.4, -0.2) is 6.04 Å². The van der Waals surface area contributed by atoms with Crippen LogP contribution in [0.3, 0.4) is 0 Å². The molecule has 0 radical (unpaired) electrons. The average molecular weight is 245 g/mol. The van der Waals surface area contributed by atoms with Gasteiger partial charge in [0.15, 0.2) is 0 Å². The van der Waals surface area contributed by atoms with Gasteiger partial charge in [-0.2, -0.15) is 0 Å². The molecule has 1 aliphatic carbocycles. The molecule has 18 heavy (non-hydrogen) atoms. The summed E-state index contributed by atoms with van der Waals surface area (Å²) >= 11 is 0. The number of rotatable bonds is 4. The van der Waals surface area contributed by atoms with Crippen LogP contribution in [-0.2, 0) is 6.54 Å². The maximum absolute atomic E-state index is 3.72. The van der Waals surface area contributed by atoms with Crippen LogP contribution in [0.15, 0.2) is 24.3 Å². The van der Waals surface area contributed by atoms with Gasteiger partial charge in [-0.25, -0.2) is 0 Å². The van der Waals surface area contributed by atoms with Crippen molar-refractivity contribution in [2.24, 2.45) is 11.8 Å². The van der Waals surface area contributed by atoms with E-state index in [1.165, 1.54) is 36.8 Å². The molecule has 0 unspecified atom stereocenters. The van der Waals surface area contributed by atoms with Crippen molar-refractivity contribution >= 4 is 0 Å². The fraction of sp³-hybridized carbons (Fsp3) is 0.647. The minimum Gasteiger partial charge on any atom is -0.310 e. The van der Waals surface area contributed by atoms with Crippen LogP contribution >= 0.6 is 0 Å². The fourth-order valence-electron chi connectivity index (χ4n) is 3.07. The molecule has 1 saturated carbocycles. The Labute approximate surface area is 112 Å². The summed E-state index contributed by atoms with van der Waals surface area (Å²) < 4.78 is 0. The third-order valence-corrected chi connectivity index (χ3v) is 4.39.